The van der Waals surface area contributed by atoms with Crippen molar-refractivity contribution in [2.24, 2.45) is 17.8 Å². The lowest BCUT2D eigenvalue weighted by Crippen LogP contribution is -2.42. The molecular formula is C29H43N3O5S. The predicted octanol–water partition coefficient (Wildman–Crippen LogP) is 5.20. The van der Waals surface area contributed by atoms with Crippen molar-refractivity contribution in [1.82, 2.24) is 15.2 Å². The molecule has 0 aliphatic heterocycles. The minimum atomic E-state index is -0.896. The number of nitrogens with one attached hydrogen (secondary N) is 1. The third-order valence-corrected chi connectivity index (χ3v) is 7.67. The number of aromatic nitrogens is 1. The second-order valence-electron chi connectivity index (χ2n) is 10.8. The van der Waals surface area contributed by atoms with Gasteiger partial charge in [-0.05, 0) is 30.2 Å². The summed E-state index contributed by atoms with van der Waals surface area (Å²) >= 11 is 1.35. The van der Waals surface area contributed by atoms with E-state index in [1.165, 1.54) is 11.3 Å². The predicted molar refractivity (Wildman–Crippen MR) is 150 cm³/mol. The molecule has 0 saturated heterocycles. The summed E-state index contributed by atoms with van der Waals surface area (Å²) in [6, 6.07) is 9.29. The van der Waals surface area contributed by atoms with E-state index < -0.39 is 11.9 Å². The zero-order valence-corrected chi connectivity index (χ0v) is 24.5. The van der Waals surface area contributed by atoms with Crippen molar-refractivity contribution in [1.29, 1.82) is 0 Å². The number of thiazole rings is 1. The number of carboxylic acids is 1. The molecule has 0 saturated carbocycles. The van der Waals surface area contributed by atoms with Gasteiger partial charge in [0, 0.05) is 44.5 Å². The molecule has 38 heavy (non-hydrogen) atoms. The molecule has 1 aromatic heterocycles. The van der Waals surface area contributed by atoms with E-state index in [2.05, 4.69) is 24.1 Å². The highest BCUT2D eigenvalue weighted by Gasteiger charge is 2.29. The van der Waals surface area contributed by atoms with Crippen LogP contribution in [-0.4, -0.2) is 59.0 Å². The Morgan fingerprint density at radius 3 is 2.29 bits per heavy atom. The van der Waals surface area contributed by atoms with Crippen molar-refractivity contribution < 1.29 is 24.2 Å². The van der Waals surface area contributed by atoms with Gasteiger partial charge in [0.15, 0.2) is 0 Å². The van der Waals surface area contributed by atoms with Crippen molar-refractivity contribution in [3.63, 3.8) is 0 Å². The van der Waals surface area contributed by atoms with Crippen LogP contribution < -0.4 is 5.32 Å². The van der Waals surface area contributed by atoms with E-state index >= 15 is 0 Å². The topological polar surface area (TPSA) is 109 Å². The molecule has 2 rings (SSSR count). The molecule has 9 heteroatoms. The van der Waals surface area contributed by atoms with Gasteiger partial charge in [-0.3, -0.25) is 14.4 Å². The fourth-order valence-corrected chi connectivity index (χ4v) is 5.38. The Morgan fingerprint density at radius 1 is 1.08 bits per heavy atom. The van der Waals surface area contributed by atoms with Crippen molar-refractivity contribution in [2.45, 2.75) is 78.5 Å². The summed E-state index contributed by atoms with van der Waals surface area (Å²) in [6.45, 7) is 9.88. The standard InChI is InChI=1S/C29H43N3O5S/c1-18(2)13-26(33)32(6)24(19(3)4)16-25(37-7)28-31-23(17-38-28)27(34)30-22(14-20(5)29(35)36)15-21-11-9-8-10-12-21/h8-12,17-20,22,24-25H,13-16H2,1-7H3,(H,30,34)(H,35,36)/t20-,22+,24+,25+/m0/s1. The van der Waals surface area contributed by atoms with Gasteiger partial charge in [-0.1, -0.05) is 65.0 Å². The fourth-order valence-electron chi connectivity index (χ4n) is 4.49. The SMILES string of the molecule is CO[C@H](C[C@H](C(C)C)N(C)C(=O)CC(C)C)c1nc(C(=O)N[C@@H](Cc2ccccc2)C[C@H](C)C(=O)O)cs1. The first-order valence-electron chi connectivity index (χ1n) is 13.2. The van der Waals surface area contributed by atoms with E-state index in [1.807, 2.05) is 56.1 Å². The summed E-state index contributed by atoms with van der Waals surface area (Å²) in [5, 5.41) is 14.8. The summed E-state index contributed by atoms with van der Waals surface area (Å²) in [7, 11) is 3.45. The van der Waals surface area contributed by atoms with Crippen molar-refractivity contribution in [2.75, 3.05) is 14.2 Å². The normalized spacial score (nSPS) is 14.7. The lowest BCUT2D eigenvalue weighted by molar-refractivity contribution is -0.141. The van der Waals surface area contributed by atoms with E-state index in [0.29, 0.717) is 30.7 Å². The molecule has 0 aliphatic carbocycles. The number of benzene rings is 1. The number of ether oxygens (including phenoxy) is 1. The maximum Gasteiger partial charge on any atom is 0.306 e. The lowest BCUT2D eigenvalue weighted by Gasteiger charge is -2.33. The molecule has 0 spiro atoms. The number of rotatable bonds is 15. The van der Waals surface area contributed by atoms with Crippen LogP contribution in [-0.2, 0) is 20.7 Å². The van der Waals surface area contributed by atoms with Crippen LogP contribution in [0.15, 0.2) is 35.7 Å². The monoisotopic (exact) mass is 545 g/mol. The smallest absolute Gasteiger partial charge is 0.306 e. The summed E-state index contributed by atoms with van der Waals surface area (Å²) in [5.74, 6) is -1.24. The number of amides is 2. The van der Waals surface area contributed by atoms with Crippen LogP contribution in [0.2, 0.25) is 0 Å². The van der Waals surface area contributed by atoms with Gasteiger partial charge in [-0.25, -0.2) is 4.98 Å². The van der Waals surface area contributed by atoms with E-state index in [4.69, 9.17) is 4.74 Å². The largest absolute Gasteiger partial charge is 0.481 e. The molecule has 2 N–H and O–H groups in total. The third-order valence-electron chi connectivity index (χ3n) is 6.73. The van der Waals surface area contributed by atoms with E-state index in [1.54, 1.807) is 19.4 Å². The zero-order chi connectivity index (χ0) is 28.4. The van der Waals surface area contributed by atoms with Gasteiger partial charge < -0.3 is 20.1 Å². The molecule has 8 nitrogen and oxygen atoms in total. The maximum absolute atomic E-state index is 13.1. The van der Waals surface area contributed by atoms with Gasteiger partial charge in [-0.15, -0.1) is 11.3 Å². The van der Waals surface area contributed by atoms with Crippen LogP contribution >= 0.6 is 11.3 Å². The molecule has 0 unspecified atom stereocenters. The number of nitrogens with zero attached hydrogens (tertiary/aromatic N) is 2. The van der Waals surface area contributed by atoms with Crippen LogP contribution in [0, 0.1) is 17.8 Å². The highest BCUT2D eigenvalue weighted by atomic mass is 32.1. The average Bonchev–Trinajstić information content (AvgIpc) is 3.34. The average molecular weight is 546 g/mol. The Balaban J connectivity index is 2.16. The summed E-state index contributed by atoms with van der Waals surface area (Å²) in [6.07, 6.45) is 1.52. The number of hydrogen-bond donors (Lipinski definition) is 2. The molecule has 2 aromatic rings. The minimum absolute atomic E-state index is 0.0415. The fraction of sp³-hybridized carbons (Fsp3) is 0.586. The number of carbonyl (C=O) groups excluding carboxylic acids is 2. The molecule has 1 heterocycles. The van der Waals surface area contributed by atoms with E-state index in [9.17, 15) is 19.5 Å². The molecular weight excluding hydrogens is 502 g/mol. The van der Waals surface area contributed by atoms with Crippen LogP contribution in [0.3, 0.4) is 0 Å². The first kappa shape index (κ1) is 31.4. The first-order valence-corrected chi connectivity index (χ1v) is 14.1. The second-order valence-corrected chi connectivity index (χ2v) is 11.7. The Bertz CT molecular complexity index is 1040. The highest BCUT2D eigenvalue weighted by Crippen LogP contribution is 2.30. The number of hydrogen-bond acceptors (Lipinski definition) is 6. The van der Waals surface area contributed by atoms with Crippen LogP contribution in [0.1, 0.15) is 81.0 Å². The molecule has 210 valence electrons. The zero-order valence-electron chi connectivity index (χ0n) is 23.6. The molecule has 0 bridgehead atoms. The number of aliphatic carboxylic acids is 1. The summed E-state index contributed by atoms with van der Waals surface area (Å²) in [4.78, 5) is 43.7. The Hall–Kier alpha value is -2.78. The maximum atomic E-state index is 13.1. The molecule has 2 amide bonds. The lowest BCUT2D eigenvalue weighted by atomic mass is 9.95. The van der Waals surface area contributed by atoms with E-state index in [-0.39, 0.29) is 47.5 Å². The summed E-state index contributed by atoms with van der Waals surface area (Å²) < 4.78 is 5.77. The first-order chi connectivity index (χ1) is 17.9. The van der Waals surface area contributed by atoms with Gasteiger partial charge >= 0.3 is 5.97 Å². The van der Waals surface area contributed by atoms with E-state index in [0.717, 1.165) is 5.56 Å². The van der Waals surface area contributed by atoms with Gasteiger partial charge in [0.05, 0.1) is 5.92 Å². The van der Waals surface area contributed by atoms with Crippen molar-refractivity contribution in [3.05, 3.63) is 52.0 Å². The van der Waals surface area contributed by atoms with Crippen molar-refractivity contribution in [3.8, 4) is 0 Å². The summed E-state index contributed by atoms with van der Waals surface area (Å²) in [5.41, 5.74) is 1.29. The van der Waals surface area contributed by atoms with Gasteiger partial charge in [0.2, 0.25) is 5.91 Å². The van der Waals surface area contributed by atoms with Gasteiger partial charge in [0.25, 0.3) is 5.91 Å². The molecule has 0 aliphatic rings. The molecule has 4 atom stereocenters. The Morgan fingerprint density at radius 2 is 1.74 bits per heavy atom. The van der Waals surface area contributed by atoms with Gasteiger partial charge in [-0.2, -0.15) is 0 Å². The Labute approximate surface area is 230 Å². The molecule has 0 fully saturated rings. The number of carbonyl (C=O) groups is 3. The third kappa shape index (κ3) is 9.51. The van der Waals surface area contributed by atoms with Crippen LogP contribution in [0.25, 0.3) is 0 Å². The van der Waals surface area contributed by atoms with Crippen LogP contribution in [0.4, 0.5) is 0 Å². The quantitative estimate of drug-likeness (QED) is 0.318. The number of carboxylic acid groups (broad SMARTS) is 1. The molecule has 0 radical (unpaired) electrons. The highest BCUT2D eigenvalue weighted by molar-refractivity contribution is 7.09. The van der Waals surface area contributed by atoms with Crippen LogP contribution in [0.5, 0.6) is 0 Å². The van der Waals surface area contributed by atoms with Crippen molar-refractivity contribution >= 4 is 29.1 Å². The minimum Gasteiger partial charge on any atom is -0.481 e. The molecule has 1 aromatic carbocycles. The van der Waals surface area contributed by atoms with Gasteiger partial charge in [0.1, 0.15) is 16.8 Å². The Kier molecular flexibility index (Phi) is 12.4. The second kappa shape index (κ2) is 15.0. The number of methoxy groups -OCH3 is 1.